The molecule has 0 spiro atoms. The van der Waals surface area contributed by atoms with Crippen LogP contribution in [0.25, 0.3) is 6.08 Å². The van der Waals surface area contributed by atoms with E-state index in [0.29, 0.717) is 18.2 Å². The Morgan fingerprint density at radius 1 is 1.08 bits per heavy atom. The lowest BCUT2D eigenvalue weighted by Gasteiger charge is -2.05. The highest BCUT2D eigenvalue weighted by Gasteiger charge is 2.09. The van der Waals surface area contributed by atoms with Crippen LogP contribution in [0.4, 0.5) is 6.01 Å². The molecule has 1 aromatic heterocycles. The number of hydrogen-bond donors (Lipinski definition) is 1. The number of carbonyl (C=O) groups excluding carboxylic acids is 1. The van der Waals surface area contributed by atoms with E-state index >= 15 is 0 Å². The van der Waals surface area contributed by atoms with Crippen LogP contribution in [0, 0.1) is 0 Å². The molecule has 0 aliphatic rings. The predicted octanol–water partition coefficient (Wildman–Crippen LogP) is 4.44. The van der Waals surface area contributed by atoms with Crippen LogP contribution in [0.3, 0.4) is 0 Å². The Morgan fingerprint density at radius 2 is 1.81 bits per heavy atom. The minimum absolute atomic E-state index is 0.0986. The zero-order valence-electron chi connectivity index (χ0n) is 14.8. The summed E-state index contributed by atoms with van der Waals surface area (Å²) in [7, 11) is 0. The van der Waals surface area contributed by atoms with Crippen molar-refractivity contribution >= 4 is 18.0 Å². The summed E-state index contributed by atoms with van der Waals surface area (Å²) in [5, 5.41) is 10.4. The molecule has 0 bridgehead atoms. The van der Waals surface area contributed by atoms with Crippen LogP contribution >= 0.6 is 0 Å². The number of hydrogen-bond acceptors (Lipinski definition) is 4. The van der Waals surface area contributed by atoms with E-state index in [0.717, 1.165) is 11.1 Å². The second-order valence-electron chi connectivity index (χ2n) is 6.31. The highest BCUT2D eigenvalue weighted by Crippen LogP contribution is 2.17. The molecule has 26 heavy (non-hydrogen) atoms. The number of carbonyl (C=O) groups is 1. The zero-order chi connectivity index (χ0) is 18.4. The minimum Gasteiger partial charge on any atom is -0.407 e. The molecule has 1 N–H and O–H groups in total. The van der Waals surface area contributed by atoms with E-state index in [2.05, 4.69) is 53.6 Å². The molecule has 0 radical (unpaired) electrons. The lowest BCUT2D eigenvalue weighted by molar-refractivity contribution is -0.112. The molecule has 0 aliphatic heterocycles. The molecule has 5 nitrogen and oxygen atoms in total. The second-order valence-corrected chi connectivity index (χ2v) is 6.31. The normalized spacial score (nSPS) is 11.2. The fourth-order valence-electron chi connectivity index (χ4n) is 2.45. The van der Waals surface area contributed by atoms with E-state index in [9.17, 15) is 4.79 Å². The van der Waals surface area contributed by atoms with Gasteiger partial charge >= 0.3 is 6.01 Å². The third-order valence-electron chi connectivity index (χ3n) is 3.93. The van der Waals surface area contributed by atoms with Crippen molar-refractivity contribution in [1.29, 1.82) is 0 Å². The van der Waals surface area contributed by atoms with Gasteiger partial charge in [0.2, 0.25) is 5.89 Å². The molecule has 0 unspecified atom stereocenters. The maximum Gasteiger partial charge on any atom is 0.322 e. The molecule has 0 saturated carbocycles. The Morgan fingerprint density at radius 3 is 2.50 bits per heavy atom. The Kier molecular flexibility index (Phi) is 5.59. The molecular formula is C21H21N3O2. The van der Waals surface area contributed by atoms with E-state index in [1.807, 2.05) is 30.3 Å². The summed E-state index contributed by atoms with van der Waals surface area (Å²) < 4.78 is 5.50. The van der Waals surface area contributed by atoms with Crippen LogP contribution in [0.2, 0.25) is 0 Å². The first-order chi connectivity index (χ1) is 12.6. The standard InChI is InChI=1S/C21H21N3O2/c1-15(2)18-11-8-17(9-12-18)14-20-23-24-21(26-20)22-19(25)13-10-16-6-4-3-5-7-16/h3-13,15H,14H2,1-2H3,(H,22,24,25)/b13-10+. The van der Waals surface area contributed by atoms with Crippen molar-refractivity contribution in [1.82, 2.24) is 10.2 Å². The van der Waals surface area contributed by atoms with Crippen molar-refractivity contribution in [3.8, 4) is 0 Å². The van der Waals surface area contributed by atoms with Gasteiger partial charge < -0.3 is 4.42 Å². The Balaban J connectivity index is 1.57. The van der Waals surface area contributed by atoms with Crippen LogP contribution in [0.1, 0.15) is 42.3 Å². The zero-order valence-corrected chi connectivity index (χ0v) is 14.8. The van der Waals surface area contributed by atoms with Crippen molar-refractivity contribution in [2.24, 2.45) is 0 Å². The molecule has 1 amide bonds. The maximum absolute atomic E-state index is 11.9. The first-order valence-electron chi connectivity index (χ1n) is 8.55. The molecule has 132 valence electrons. The molecule has 3 aromatic rings. The number of nitrogens with one attached hydrogen (secondary N) is 1. The van der Waals surface area contributed by atoms with Crippen LogP contribution < -0.4 is 5.32 Å². The summed E-state index contributed by atoms with van der Waals surface area (Å²) in [5.74, 6) is 0.646. The van der Waals surface area contributed by atoms with Crippen molar-refractivity contribution in [3.05, 3.63) is 83.3 Å². The quantitative estimate of drug-likeness (QED) is 0.670. The minimum atomic E-state index is -0.315. The second kappa shape index (κ2) is 8.25. The first-order valence-corrected chi connectivity index (χ1v) is 8.55. The van der Waals surface area contributed by atoms with E-state index in [1.165, 1.54) is 11.6 Å². The highest BCUT2D eigenvalue weighted by atomic mass is 16.4. The largest absolute Gasteiger partial charge is 0.407 e. The number of aromatic nitrogens is 2. The van der Waals surface area contributed by atoms with Gasteiger partial charge in [0, 0.05) is 6.08 Å². The van der Waals surface area contributed by atoms with Gasteiger partial charge in [0.1, 0.15) is 0 Å². The number of nitrogens with zero attached hydrogens (tertiary/aromatic N) is 2. The van der Waals surface area contributed by atoms with Crippen molar-refractivity contribution in [2.75, 3.05) is 5.32 Å². The molecule has 1 heterocycles. The monoisotopic (exact) mass is 347 g/mol. The summed E-state index contributed by atoms with van der Waals surface area (Å²) in [6.07, 6.45) is 3.69. The van der Waals surface area contributed by atoms with E-state index in [-0.39, 0.29) is 11.9 Å². The predicted molar refractivity (Wildman–Crippen MR) is 102 cm³/mol. The average molecular weight is 347 g/mol. The van der Waals surface area contributed by atoms with Gasteiger partial charge in [-0.2, -0.15) is 0 Å². The molecule has 0 saturated heterocycles. The van der Waals surface area contributed by atoms with Gasteiger partial charge in [-0.1, -0.05) is 73.5 Å². The molecule has 0 atom stereocenters. The third kappa shape index (κ3) is 4.89. The van der Waals surface area contributed by atoms with Crippen molar-refractivity contribution < 1.29 is 9.21 Å². The lowest BCUT2D eigenvalue weighted by Crippen LogP contribution is -2.07. The molecule has 0 fully saturated rings. The van der Waals surface area contributed by atoms with Gasteiger partial charge in [-0.15, -0.1) is 5.10 Å². The maximum atomic E-state index is 11.9. The third-order valence-corrected chi connectivity index (χ3v) is 3.93. The van der Waals surface area contributed by atoms with Crippen LogP contribution in [0.15, 0.2) is 65.1 Å². The Bertz CT molecular complexity index is 881. The van der Waals surface area contributed by atoms with Crippen LogP contribution in [-0.4, -0.2) is 16.1 Å². The summed E-state index contributed by atoms with van der Waals surface area (Å²) in [6, 6.07) is 18.0. The molecule has 5 heteroatoms. The van der Waals surface area contributed by atoms with Gasteiger partial charge in [0.15, 0.2) is 0 Å². The average Bonchev–Trinajstić information content (AvgIpc) is 3.08. The van der Waals surface area contributed by atoms with Gasteiger partial charge in [0.25, 0.3) is 5.91 Å². The molecule has 0 aliphatic carbocycles. The number of anilines is 1. The summed E-state index contributed by atoms with van der Waals surface area (Å²) >= 11 is 0. The van der Waals surface area contributed by atoms with Crippen LogP contribution in [0.5, 0.6) is 0 Å². The fourth-order valence-corrected chi connectivity index (χ4v) is 2.45. The van der Waals surface area contributed by atoms with Crippen LogP contribution in [-0.2, 0) is 11.2 Å². The molecule has 2 aromatic carbocycles. The van der Waals surface area contributed by atoms with E-state index in [1.54, 1.807) is 6.08 Å². The summed E-state index contributed by atoms with van der Waals surface area (Å²) in [6.45, 7) is 4.32. The smallest absolute Gasteiger partial charge is 0.322 e. The molecular weight excluding hydrogens is 326 g/mol. The number of benzene rings is 2. The van der Waals surface area contributed by atoms with Crippen molar-refractivity contribution in [3.63, 3.8) is 0 Å². The fraction of sp³-hybridized carbons (Fsp3) is 0.190. The van der Waals surface area contributed by atoms with Gasteiger partial charge in [-0.25, -0.2) is 0 Å². The van der Waals surface area contributed by atoms with Gasteiger partial charge in [0.05, 0.1) is 6.42 Å². The lowest BCUT2D eigenvalue weighted by atomic mass is 10.0. The topological polar surface area (TPSA) is 68.0 Å². The summed E-state index contributed by atoms with van der Waals surface area (Å²) in [4.78, 5) is 11.9. The molecule has 3 rings (SSSR count). The number of rotatable bonds is 6. The highest BCUT2D eigenvalue weighted by molar-refractivity contribution is 6.00. The summed E-state index contributed by atoms with van der Waals surface area (Å²) in [5.41, 5.74) is 3.32. The van der Waals surface area contributed by atoms with E-state index < -0.39 is 0 Å². The number of amides is 1. The first kappa shape index (κ1) is 17.6. The Hall–Kier alpha value is -3.21. The van der Waals surface area contributed by atoms with Crippen molar-refractivity contribution in [2.45, 2.75) is 26.2 Å². The van der Waals surface area contributed by atoms with Gasteiger partial charge in [-0.3, -0.25) is 10.1 Å². The van der Waals surface area contributed by atoms with E-state index in [4.69, 9.17) is 4.42 Å². The van der Waals surface area contributed by atoms with Gasteiger partial charge in [-0.05, 0) is 28.7 Å². The SMILES string of the molecule is CC(C)c1ccc(Cc2nnc(NC(=O)/C=C/c3ccccc3)o2)cc1. The Labute approximate surface area is 152 Å².